The van der Waals surface area contributed by atoms with Crippen LogP contribution >= 0.6 is 0 Å². The van der Waals surface area contributed by atoms with Crippen LogP contribution in [-0.2, 0) is 9.53 Å². The van der Waals surface area contributed by atoms with Crippen LogP contribution < -0.4 is 10.1 Å². The van der Waals surface area contributed by atoms with Crippen molar-refractivity contribution in [2.75, 3.05) is 18.5 Å². The number of nitrogens with one attached hydrogen (secondary N) is 1. The summed E-state index contributed by atoms with van der Waals surface area (Å²) in [5.41, 5.74) is 3.29. The molecule has 7 heteroatoms. The maximum absolute atomic E-state index is 12.6. The second kappa shape index (κ2) is 11.9. The van der Waals surface area contributed by atoms with Crippen molar-refractivity contribution in [2.24, 2.45) is 15.6 Å². The van der Waals surface area contributed by atoms with Gasteiger partial charge in [-0.15, -0.1) is 0 Å². The maximum atomic E-state index is 12.6. The van der Waals surface area contributed by atoms with Gasteiger partial charge in [-0.2, -0.15) is 10.2 Å². The van der Waals surface area contributed by atoms with Gasteiger partial charge in [-0.1, -0.05) is 24.6 Å². The summed E-state index contributed by atoms with van der Waals surface area (Å²) in [4.78, 5) is 24.5. The third-order valence-corrected chi connectivity index (χ3v) is 5.58. The molecule has 1 N–H and O–H groups in total. The Morgan fingerprint density at radius 2 is 1.40 bits per heavy atom. The van der Waals surface area contributed by atoms with Gasteiger partial charge in [0.2, 0.25) is 0 Å². The molecule has 0 unspecified atom stereocenters. The zero-order valence-corrected chi connectivity index (χ0v) is 20.6. The Balaban J connectivity index is 1.46. The van der Waals surface area contributed by atoms with Gasteiger partial charge in [0.1, 0.15) is 19.0 Å². The van der Waals surface area contributed by atoms with Gasteiger partial charge >= 0.3 is 5.97 Å². The molecule has 35 heavy (non-hydrogen) atoms. The van der Waals surface area contributed by atoms with E-state index in [4.69, 9.17) is 9.47 Å². The number of carbonyl (C=O) groups is 2. The summed E-state index contributed by atoms with van der Waals surface area (Å²) >= 11 is 0. The number of azo groups is 1. The molecule has 182 valence electrons. The van der Waals surface area contributed by atoms with Crippen LogP contribution in [0.15, 0.2) is 83.0 Å². The molecule has 0 radical (unpaired) electrons. The second-order valence-corrected chi connectivity index (χ2v) is 8.78. The molecular formula is C28H31N3O4. The quantitative estimate of drug-likeness (QED) is 0.195. The molecule has 0 saturated heterocycles. The van der Waals surface area contributed by atoms with Gasteiger partial charge in [-0.3, -0.25) is 9.59 Å². The molecule has 7 nitrogen and oxygen atoms in total. The van der Waals surface area contributed by atoms with Crippen LogP contribution in [0.1, 0.15) is 43.1 Å². The van der Waals surface area contributed by atoms with Crippen LogP contribution in [0.2, 0.25) is 0 Å². The van der Waals surface area contributed by atoms with Gasteiger partial charge < -0.3 is 14.8 Å². The summed E-state index contributed by atoms with van der Waals surface area (Å²) in [6, 6.07) is 21.7. The number of nitrogens with zero attached hydrogens (tertiary/aromatic N) is 2. The Hall–Kier alpha value is -4.00. The number of esters is 1. The lowest BCUT2D eigenvalue weighted by molar-refractivity contribution is -0.154. The predicted octanol–water partition coefficient (Wildman–Crippen LogP) is 7.02. The first-order valence-electron chi connectivity index (χ1n) is 11.6. The van der Waals surface area contributed by atoms with E-state index in [9.17, 15) is 9.59 Å². The normalized spacial score (nSPS) is 11.3. The van der Waals surface area contributed by atoms with Crippen LogP contribution in [-0.4, -0.2) is 25.1 Å². The lowest BCUT2D eigenvalue weighted by Gasteiger charge is -2.20. The van der Waals surface area contributed by atoms with Gasteiger partial charge in [0.25, 0.3) is 5.91 Å². The van der Waals surface area contributed by atoms with Gasteiger partial charge in [0.05, 0.1) is 16.8 Å². The zero-order chi connectivity index (χ0) is 25.3. The molecule has 3 aromatic rings. The first-order valence-corrected chi connectivity index (χ1v) is 11.6. The van der Waals surface area contributed by atoms with Crippen LogP contribution in [0.25, 0.3) is 0 Å². The topological polar surface area (TPSA) is 89.3 Å². The molecule has 1 amide bonds. The van der Waals surface area contributed by atoms with E-state index in [1.165, 1.54) is 5.56 Å². The van der Waals surface area contributed by atoms with E-state index in [0.717, 1.165) is 5.69 Å². The number of anilines is 1. The molecule has 3 rings (SSSR count). The molecule has 0 aliphatic rings. The monoisotopic (exact) mass is 473 g/mol. The third kappa shape index (κ3) is 7.78. The fourth-order valence-electron chi connectivity index (χ4n) is 2.88. The number of aryl methyl sites for hydroxylation is 1. The van der Waals surface area contributed by atoms with Crippen LogP contribution in [0.5, 0.6) is 5.75 Å². The minimum absolute atomic E-state index is 0.172. The van der Waals surface area contributed by atoms with E-state index < -0.39 is 5.41 Å². The molecular weight excluding hydrogens is 442 g/mol. The van der Waals surface area contributed by atoms with Crippen molar-refractivity contribution in [1.29, 1.82) is 0 Å². The highest BCUT2D eigenvalue weighted by Crippen LogP contribution is 2.22. The van der Waals surface area contributed by atoms with Crippen molar-refractivity contribution in [3.8, 4) is 5.75 Å². The van der Waals surface area contributed by atoms with Crippen molar-refractivity contribution in [1.82, 2.24) is 0 Å². The lowest BCUT2D eigenvalue weighted by Crippen LogP contribution is -2.27. The number of ether oxygens (including phenoxy) is 2. The van der Waals surface area contributed by atoms with Crippen molar-refractivity contribution in [3.05, 3.63) is 83.9 Å². The van der Waals surface area contributed by atoms with E-state index in [2.05, 4.69) is 15.5 Å². The fraction of sp³-hybridized carbons (Fsp3) is 0.286. The number of carbonyl (C=O) groups excluding carboxylic acids is 2. The van der Waals surface area contributed by atoms with Gasteiger partial charge in [0, 0.05) is 11.3 Å². The summed E-state index contributed by atoms with van der Waals surface area (Å²) in [6.45, 7) is 8.09. The second-order valence-electron chi connectivity index (χ2n) is 8.78. The Labute approximate surface area is 206 Å². The number of amides is 1. The van der Waals surface area contributed by atoms with E-state index >= 15 is 0 Å². The first-order chi connectivity index (χ1) is 16.8. The third-order valence-electron chi connectivity index (χ3n) is 5.58. The summed E-state index contributed by atoms with van der Waals surface area (Å²) in [5.74, 6) is 0.120. The fourth-order valence-corrected chi connectivity index (χ4v) is 2.88. The molecule has 3 aromatic carbocycles. The average Bonchev–Trinajstić information content (AvgIpc) is 2.87. The largest absolute Gasteiger partial charge is 0.490 e. The molecule has 0 aromatic heterocycles. The summed E-state index contributed by atoms with van der Waals surface area (Å²) in [7, 11) is 0. The number of benzene rings is 3. The first kappa shape index (κ1) is 25.6. The van der Waals surface area contributed by atoms with Crippen LogP contribution in [0.4, 0.5) is 17.1 Å². The molecule has 0 heterocycles. The summed E-state index contributed by atoms with van der Waals surface area (Å²) < 4.78 is 10.9. The van der Waals surface area contributed by atoms with Crippen molar-refractivity contribution in [2.45, 2.75) is 34.1 Å². The van der Waals surface area contributed by atoms with Crippen molar-refractivity contribution in [3.63, 3.8) is 0 Å². The highest BCUT2D eigenvalue weighted by Gasteiger charge is 2.26. The number of hydrogen-bond acceptors (Lipinski definition) is 6. The van der Waals surface area contributed by atoms with E-state index in [-0.39, 0.29) is 25.1 Å². The number of rotatable bonds is 10. The van der Waals surface area contributed by atoms with Crippen molar-refractivity contribution < 1.29 is 19.1 Å². The van der Waals surface area contributed by atoms with Gasteiger partial charge in [-0.25, -0.2) is 0 Å². The standard InChI is InChI=1S/C28H31N3O4/c1-5-28(3,4)27(33)35-19-18-34-25-16-8-21(9-17-25)26(32)29-22-12-14-24(15-13-22)31-30-23-10-6-20(2)7-11-23/h6-17H,5,18-19H2,1-4H3,(H,29,32). The van der Waals surface area contributed by atoms with Crippen molar-refractivity contribution >= 4 is 28.9 Å². The van der Waals surface area contributed by atoms with E-state index in [1.54, 1.807) is 48.5 Å². The Kier molecular flexibility index (Phi) is 8.73. The molecule has 0 aliphatic heterocycles. The molecule has 0 bridgehead atoms. The molecule has 0 atom stereocenters. The Morgan fingerprint density at radius 1 is 0.829 bits per heavy atom. The molecule has 0 spiro atoms. The lowest BCUT2D eigenvalue weighted by atomic mass is 9.91. The van der Waals surface area contributed by atoms with Crippen LogP contribution in [0, 0.1) is 12.3 Å². The smallest absolute Gasteiger partial charge is 0.311 e. The minimum Gasteiger partial charge on any atom is -0.490 e. The SMILES string of the molecule is CCC(C)(C)C(=O)OCCOc1ccc(C(=O)Nc2ccc(N=Nc3ccc(C)cc3)cc2)cc1. The Morgan fingerprint density at radius 3 is 1.97 bits per heavy atom. The Bertz CT molecular complexity index is 1150. The minimum atomic E-state index is -0.499. The van der Waals surface area contributed by atoms with Gasteiger partial charge in [-0.05, 0) is 87.9 Å². The molecule has 0 fully saturated rings. The highest BCUT2D eigenvalue weighted by atomic mass is 16.6. The zero-order valence-electron chi connectivity index (χ0n) is 20.6. The highest BCUT2D eigenvalue weighted by molar-refractivity contribution is 6.04. The average molecular weight is 474 g/mol. The predicted molar refractivity (Wildman–Crippen MR) is 137 cm³/mol. The van der Waals surface area contributed by atoms with E-state index in [0.29, 0.717) is 29.1 Å². The molecule has 0 saturated carbocycles. The number of hydrogen-bond donors (Lipinski definition) is 1. The van der Waals surface area contributed by atoms with Crippen LogP contribution in [0.3, 0.4) is 0 Å². The molecule has 0 aliphatic carbocycles. The maximum Gasteiger partial charge on any atom is 0.311 e. The summed E-state index contributed by atoms with van der Waals surface area (Å²) in [5, 5.41) is 11.3. The van der Waals surface area contributed by atoms with Gasteiger partial charge in [0.15, 0.2) is 0 Å². The summed E-state index contributed by atoms with van der Waals surface area (Å²) in [6.07, 6.45) is 0.708. The van der Waals surface area contributed by atoms with E-state index in [1.807, 2.05) is 52.0 Å².